The number of benzene rings is 1. The highest BCUT2D eigenvalue weighted by molar-refractivity contribution is 5.97. The molecule has 0 saturated carbocycles. The molecule has 1 aromatic heterocycles. The lowest BCUT2D eigenvalue weighted by molar-refractivity contribution is -0.0872. The van der Waals surface area contributed by atoms with Crippen LogP contribution in [0.15, 0.2) is 42.7 Å². The van der Waals surface area contributed by atoms with Crippen LogP contribution < -0.4 is 0 Å². The van der Waals surface area contributed by atoms with Gasteiger partial charge in [-0.15, -0.1) is 0 Å². The maximum atomic E-state index is 13.0. The Morgan fingerprint density at radius 1 is 1.19 bits per heavy atom. The van der Waals surface area contributed by atoms with E-state index in [-0.39, 0.29) is 17.7 Å². The van der Waals surface area contributed by atoms with Crippen LogP contribution in [0.4, 0.5) is 0 Å². The Labute approximate surface area is 154 Å². The van der Waals surface area contributed by atoms with Crippen molar-refractivity contribution >= 4 is 5.78 Å². The Morgan fingerprint density at radius 2 is 1.88 bits per heavy atom. The summed E-state index contributed by atoms with van der Waals surface area (Å²) in [6, 6.07) is 11.5. The van der Waals surface area contributed by atoms with Crippen LogP contribution in [0.25, 0.3) is 0 Å². The smallest absolute Gasteiger partial charge is 0.169 e. The predicted octanol–water partition coefficient (Wildman–Crippen LogP) is 3.33. The minimum Gasteiger partial charge on any atom is -0.378 e. The molecule has 2 aliphatic rings. The van der Waals surface area contributed by atoms with Crippen LogP contribution in [0.2, 0.25) is 0 Å². The van der Waals surface area contributed by atoms with Crippen molar-refractivity contribution < 1.29 is 9.53 Å². The predicted molar refractivity (Wildman–Crippen MR) is 100 cm³/mol. The van der Waals surface area contributed by atoms with Gasteiger partial charge in [-0.05, 0) is 32.3 Å². The number of hydrogen-bond acceptors (Lipinski definition) is 4. The highest BCUT2D eigenvalue weighted by Gasteiger charge is 2.41. The minimum absolute atomic E-state index is 0.0748. The number of carbonyl (C=O) groups is 1. The van der Waals surface area contributed by atoms with Gasteiger partial charge in [0.25, 0.3) is 0 Å². The molecular weight excluding hydrogens is 326 g/mol. The van der Waals surface area contributed by atoms with Gasteiger partial charge >= 0.3 is 0 Å². The molecule has 0 aliphatic carbocycles. The Bertz CT molecular complexity index is 742. The Balaban J connectivity index is 1.47. The van der Waals surface area contributed by atoms with E-state index >= 15 is 0 Å². The number of Topliss-reactive ketones (excluding diaryl/α,β-unsaturated/α-hetero) is 1. The van der Waals surface area contributed by atoms with Gasteiger partial charge in [0.1, 0.15) is 0 Å². The summed E-state index contributed by atoms with van der Waals surface area (Å²) >= 11 is 0. The molecule has 26 heavy (non-hydrogen) atoms. The van der Waals surface area contributed by atoms with Crippen molar-refractivity contribution in [3.63, 3.8) is 0 Å². The van der Waals surface area contributed by atoms with Gasteiger partial charge in [-0.1, -0.05) is 30.3 Å². The molecule has 0 amide bonds. The largest absolute Gasteiger partial charge is 0.378 e. The second-order valence-electron chi connectivity index (χ2n) is 7.84. The number of aromatic nitrogens is 2. The van der Waals surface area contributed by atoms with Gasteiger partial charge in [0.2, 0.25) is 0 Å². The summed E-state index contributed by atoms with van der Waals surface area (Å²) in [4.78, 5) is 15.6. The summed E-state index contributed by atoms with van der Waals surface area (Å²) in [5, 5.41) is 4.34. The zero-order valence-corrected chi connectivity index (χ0v) is 15.5. The minimum atomic E-state index is 0.0748. The van der Waals surface area contributed by atoms with Crippen LogP contribution >= 0.6 is 0 Å². The molecule has 4 rings (SSSR count). The number of carbonyl (C=O) groups excluding carboxylic acids is 1. The average molecular weight is 353 g/mol. The molecule has 1 aromatic carbocycles. The van der Waals surface area contributed by atoms with Crippen molar-refractivity contribution in [2.45, 2.75) is 51.4 Å². The maximum absolute atomic E-state index is 13.0. The van der Waals surface area contributed by atoms with E-state index in [4.69, 9.17) is 4.74 Å². The first-order valence-electron chi connectivity index (χ1n) is 9.57. The van der Waals surface area contributed by atoms with Crippen molar-refractivity contribution in [2.75, 3.05) is 13.2 Å². The fraction of sp³-hybridized carbons (Fsp3) is 0.524. The molecule has 2 bridgehead atoms. The van der Waals surface area contributed by atoms with Crippen molar-refractivity contribution in [1.29, 1.82) is 0 Å². The molecule has 2 atom stereocenters. The number of rotatable bonds is 5. The fourth-order valence-electron chi connectivity index (χ4n) is 4.24. The molecule has 2 aromatic rings. The molecule has 5 nitrogen and oxygen atoms in total. The zero-order chi connectivity index (χ0) is 18.1. The van der Waals surface area contributed by atoms with E-state index in [9.17, 15) is 4.79 Å². The lowest BCUT2D eigenvalue weighted by Crippen LogP contribution is -2.57. The zero-order valence-electron chi connectivity index (χ0n) is 15.5. The van der Waals surface area contributed by atoms with E-state index < -0.39 is 0 Å². The maximum Gasteiger partial charge on any atom is 0.169 e. The summed E-state index contributed by atoms with van der Waals surface area (Å²) in [6.45, 7) is 6.53. The molecule has 0 radical (unpaired) electrons. The second-order valence-corrected chi connectivity index (χ2v) is 7.84. The highest BCUT2D eigenvalue weighted by Crippen LogP contribution is 2.34. The van der Waals surface area contributed by atoms with E-state index in [2.05, 4.69) is 54.2 Å². The highest BCUT2D eigenvalue weighted by atomic mass is 16.5. The van der Waals surface area contributed by atoms with Crippen LogP contribution in [-0.2, 0) is 11.3 Å². The molecule has 2 fully saturated rings. The van der Waals surface area contributed by atoms with Gasteiger partial charge in [0, 0.05) is 36.8 Å². The Hall–Kier alpha value is -1.98. The van der Waals surface area contributed by atoms with Crippen LogP contribution in [0.1, 0.15) is 48.7 Å². The first kappa shape index (κ1) is 17.4. The van der Waals surface area contributed by atoms with Gasteiger partial charge in [-0.25, -0.2) is 0 Å². The number of ether oxygens (including phenoxy) is 1. The molecule has 2 saturated heterocycles. The molecule has 2 aliphatic heterocycles. The third-order valence-corrected chi connectivity index (χ3v) is 5.67. The molecule has 3 heterocycles. The number of ketones is 1. The monoisotopic (exact) mass is 353 g/mol. The van der Waals surface area contributed by atoms with Crippen LogP contribution in [0, 0.1) is 5.92 Å². The van der Waals surface area contributed by atoms with Crippen molar-refractivity contribution in [3.8, 4) is 0 Å². The van der Waals surface area contributed by atoms with Gasteiger partial charge in [-0.2, -0.15) is 5.10 Å². The summed E-state index contributed by atoms with van der Waals surface area (Å²) in [6.07, 6.45) is 5.37. The normalized spacial score (nSPS) is 26.2. The van der Waals surface area contributed by atoms with Crippen molar-refractivity contribution in [3.05, 3.63) is 53.9 Å². The number of fused-ring (bicyclic) bond motifs is 2. The quantitative estimate of drug-likeness (QED) is 0.774. The number of piperidine rings is 1. The van der Waals surface area contributed by atoms with E-state index in [1.165, 1.54) is 5.56 Å². The molecule has 0 spiro atoms. The van der Waals surface area contributed by atoms with Crippen LogP contribution in [0.5, 0.6) is 0 Å². The van der Waals surface area contributed by atoms with E-state index in [1.54, 1.807) is 6.20 Å². The molecule has 5 heteroatoms. The average Bonchev–Trinajstić information content (AvgIpc) is 3.12. The van der Waals surface area contributed by atoms with Gasteiger partial charge < -0.3 is 4.74 Å². The van der Waals surface area contributed by atoms with E-state index in [0.29, 0.717) is 12.1 Å². The van der Waals surface area contributed by atoms with Crippen molar-refractivity contribution in [2.24, 2.45) is 5.92 Å². The third kappa shape index (κ3) is 3.46. The SMILES string of the molecule is CC(C)n1cc(C(=O)C2CC3COCC(C2)N3Cc2ccccc2)cn1. The number of hydrogen-bond donors (Lipinski definition) is 0. The molecular formula is C21H27N3O2. The van der Waals surface area contributed by atoms with E-state index in [1.807, 2.05) is 10.9 Å². The first-order valence-corrected chi connectivity index (χ1v) is 9.57. The Morgan fingerprint density at radius 3 is 2.50 bits per heavy atom. The lowest BCUT2D eigenvalue weighted by Gasteiger charge is -2.48. The molecule has 2 unspecified atom stereocenters. The second kappa shape index (κ2) is 7.33. The molecule has 138 valence electrons. The van der Waals surface area contributed by atoms with E-state index in [0.717, 1.165) is 38.2 Å². The van der Waals surface area contributed by atoms with Gasteiger partial charge in [-0.3, -0.25) is 14.4 Å². The van der Waals surface area contributed by atoms with Gasteiger partial charge in [0.05, 0.1) is 25.0 Å². The van der Waals surface area contributed by atoms with Crippen molar-refractivity contribution in [1.82, 2.24) is 14.7 Å². The topological polar surface area (TPSA) is 47.4 Å². The standard InChI is InChI=1S/C21H27N3O2/c1-15(2)24-12-18(10-22-24)21(25)17-8-19-13-26-14-20(9-17)23(19)11-16-6-4-3-5-7-16/h3-7,10,12,15,17,19-20H,8-9,11,13-14H2,1-2H3. The van der Waals surface area contributed by atoms with Crippen LogP contribution in [-0.4, -0.2) is 45.8 Å². The summed E-state index contributed by atoms with van der Waals surface area (Å²) < 4.78 is 7.67. The fourth-order valence-corrected chi connectivity index (χ4v) is 4.24. The summed E-state index contributed by atoms with van der Waals surface area (Å²) in [5.41, 5.74) is 2.08. The third-order valence-electron chi connectivity index (χ3n) is 5.67. The van der Waals surface area contributed by atoms with Crippen LogP contribution in [0.3, 0.4) is 0 Å². The molecule has 0 N–H and O–H groups in total. The first-order chi connectivity index (χ1) is 12.6. The summed E-state index contributed by atoms with van der Waals surface area (Å²) in [7, 11) is 0. The lowest BCUT2D eigenvalue weighted by atomic mass is 9.81. The van der Waals surface area contributed by atoms with Gasteiger partial charge in [0.15, 0.2) is 5.78 Å². The summed E-state index contributed by atoms with van der Waals surface area (Å²) in [5.74, 6) is 0.318. The number of nitrogens with zero attached hydrogens (tertiary/aromatic N) is 3. The Kier molecular flexibility index (Phi) is 4.92. The number of morpholine rings is 1.